The first-order chi connectivity index (χ1) is 11.1. The van der Waals surface area contributed by atoms with E-state index in [0.29, 0.717) is 11.5 Å². The summed E-state index contributed by atoms with van der Waals surface area (Å²) in [5, 5.41) is 4.04. The van der Waals surface area contributed by atoms with Gasteiger partial charge in [-0.1, -0.05) is 51.8 Å². The molecule has 0 aromatic heterocycles. The van der Waals surface area contributed by atoms with Gasteiger partial charge < -0.3 is 5.32 Å². The topological polar surface area (TPSA) is 12.0 Å². The van der Waals surface area contributed by atoms with Gasteiger partial charge in [0.2, 0.25) is 0 Å². The molecule has 6 atom stereocenters. The summed E-state index contributed by atoms with van der Waals surface area (Å²) in [6.45, 7) is 7.34. The van der Waals surface area contributed by atoms with Crippen molar-refractivity contribution in [3.63, 3.8) is 0 Å². The monoisotopic (exact) mass is 313 g/mol. The molecule has 4 aliphatic rings. The summed E-state index contributed by atoms with van der Waals surface area (Å²) < 4.78 is 0. The largest absolute Gasteiger partial charge is 0.385 e. The lowest BCUT2D eigenvalue weighted by Gasteiger charge is -2.23. The van der Waals surface area contributed by atoms with Crippen LogP contribution in [0.4, 0.5) is 0 Å². The molecular weight excluding hydrogens is 278 g/mol. The Balaban J connectivity index is 1.51. The van der Waals surface area contributed by atoms with E-state index >= 15 is 0 Å². The van der Waals surface area contributed by atoms with Crippen LogP contribution in [0, 0.1) is 35.0 Å². The predicted octanol–water partition coefficient (Wildman–Crippen LogP) is 5.69. The fourth-order valence-corrected chi connectivity index (χ4v) is 5.79. The van der Waals surface area contributed by atoms with Gasteiger partial charge in [0.1, 0.15) is 0 Å². The molecule has 4 aliphatic carbocycles. The number of hydrogen-bond donors (Lipinski definition) is 1. The highest BCUT2D eigenvalue weighted by molar-refractivity contribution is 5.26. The lowest BCUT2D eigenvalue weighted by atomic mass is 9.99. The summed E-state index contributed by atoms with van der Waals surface area (Å²) in [6, 6.07) is 0.691. The van der Waals surface area contributed by atoms with E-state index in [0.717, 1.165) is 29.6 Å². The lowest BCUT2D eigenvalue weighted by Crippen LogP contribution is -2.30. The standard InChI is InChI=1S/C22H35N/c1-4-22(3)15(2)19(22)14-20(23-16-10-6-5-7-11-16)21-17-12-8-9-13-18(17)21/h5-6,14-19,21,23H,4,7-13H2,1-3H3/b20-14-/t15?,16?,17?,18?,19-,21?,22?/m1/s1. The first kappa shape index (κ1) is 15.8. The maximum atomic E-state index is 4.04. The van der Waals surface area contributed by atoms with E-state index in [4.69, 9.17) is 0 Å². The Kier molecular flexibility index (Phi) is 4.10. The molecule has 23 heavy (non-hydrogen) atoms. The molecule has 3 fully saturated rings. The quantitative estimate of drug-likeness (QED) is 0.643. The van der Waals surface area contributed by atoms with Gasteiger partial charge in [0.25, 0.3) is 0 Å². The third kappa shape index (κ3) is 2.79. The smallest absolute Gasteiger partial charge is 0.0295 e. The first-order valence-electron chi connectivity index (χ1n) is 10.3. The normalized spacial score (nSPS) is 48.7. The fourth-order valence-electron chi connectivity index (χ4n) is 5.79. The van der Waals surface area contributed by atoms with Gasteiger partial charge in [-0.2, -0.15) is 0 Å². The summed E-state index contributed by atoms with van der Waals surface area (Å²) in [7, 11) is 0. The van der Waals surface area contributed by atoms with E-state index in [1.807, 2.05) is 0 Å². The van der Waals surface area contributed by atoms with Crippen LogP contribution >= 0.6 is 0 Å². The molecular formula is C22H35N. The molecule has 5 unspecified atom stereocenters. The average Bonchev–Trinajstić information content (AvgIpc) is 3.44. The van der Waals surface area contributed by atoms with E-state index in [2.05, 4.69) is 44.3 Å². The van der Waals surface area contributed by atoms with Gasteiger partial charge in [-0.25, -0.2) is 0 Å². The molecule has 0 radical (unpaired) electrons. The number of hydrogen-bond acceptors (Lipinski definition) is 1. The maximum Gasteiger partial charge on any atom is 0.0295 e. The number of nitrogens with one attached hydrogen (secondary N) is 1. The molecule has 0 aromatic rings. The molecule has 0 amide bonds. The molecule has 0 saturated heterocycles. The molecule has 128 valence electrons. The first-order valence-corrected chi connectivity index (χ1v) is 10.3. The van der Waals surface area contributed by atoms with Crippen molar-refractivity contribution in [3.05, 3.63) is 23.9 Å². The van der Waals surface area contributed by atoms with Crippen molar-refractivity contribution in [2.45, 2.75) is 78.2 Å². The minimum Gasteiger partial charge on any atom is -0.385 e. The number of fused-ring (bicyclic) bond motifs is 1. The highest BCUT2D eigenvalue weighted by atomic mass is 15.0. The van der Waals surface area contributed by atoms with Gasteiger partial charge in [0.15, 0.2) is 0 Å². The SMILES string of the molecule is CCC1(C)C(C)[C@H]1/C=C(\NC1CC=CCC1)C1C2CCCCC21. The highest BCUT2D eigenvalue weighted by Gasteiger charge is 2.57. The maximum absolute atomic E-state index is 4.04. The minimum absolute atomic E-state index is 0.569. The summed E-state index contributed by atoms with van der Waals surface area (Å²) in [5.74, 6) is 4.61. The van der Waals surface area contributed by atoms with Crippen LogP contribution in [0.2, 0.25) is 0 Å². The van der Waals surface area contributed by atoms with Crippen molar-refractivity contribution in [3.8, 4) is 0 Å². The second-order valence-corrected chi connectivity index (χ2v) is 9.06. The molecule has 0 aromatic carbocycles. The molecule has 0 spiro atoms. The highest BCUT2D eigenvalue weighted by Crippen LogP contribution is 2.64. The second kappa shape index (κ2) is 5.97. The summed E-state index contributed by atoms with van der Waals surface area (Å²) in [4.78, 5) is 0. The number of rotatable bonds is 5. The lowest BCUT2D eigenvalue weighted by molar-refractivity contribution is 0.477. The van der Waals surface area contributed by atoms with Crippen LogP contribution < -0.4 is 5.32 Å². The average molecular weight is 314 g/mol. The molecule has 3 saturated carbocycles. The van der Waals surface area contributed by atoms with Crippen LogP contribution in [0.5, 0.6) is 0 Å². The molecule has 4 rings (SSSR count). The third-order valence-corrected chi connectivity index (χ3v) is 8.01. The zero-order valence-electron chi connectivity index (χ0n) is 15.4. The summed E-state index contributed by atoms with van der Waals surface area (Å²) >= 11 is 0. The minimum atomic E-state index is 0.569. The van der Waals surface area contributed by atoms with E-state index in [1.54, 1.807) is 5.70 Å². The zero-order valence-corrected chi connectivity index (χ0v) is 15.4. The molecule has 0 aliphatic heterocycles. The van der Waals surface area contributed by atoms with Crippen LogP contribution in [-0.2, 0) is 0 Å². The second-order valence-electron chi connectivity index (χ2n) is 9.06. The Hall–Kier alpha value is -0.720. The summed E-state index contributed by atoms with van der Waals surface area (Å²) in [5.41, 5.74) is 2.23. The van der Waals surface area contributed by atoms with Crippen molar-refractivity contribution in [2.75, 3.05) is 0 Å². The van der Waals surface area contributed by atoms with Crippen LogP contribution in [0.15, 0.2) is 23.9 Å². The van der Waals surface area contributed by atoms with Gasteiger partial charge in [0.05, 0.1) is 0 Å². The van der Waals surface area contributed by atoms with Gasteiger partial charge in [-0.05, 0) is 67.6 Å². The van der Waals surface area contributed by atoms with Crippen molar-refractivity contribution in [1.29, 1.82) is 0 Å². The predicted molar refractivity (Wildman–Crippen MR) is 98.0 cm³/mol. The van der Waals surface area contributed by atoms with Crippen LogP contribution in [0.3, 0.4) is 0 Å². The van der Waals surface area contributed by atoms with Crippen LogP contribution in [-0.4, -0.2) is 6.04 Å². The van der Waals surface area contributed by atoms with Crippen LogP contribution in [0.1, 0.15) is 72.1 Å². The molecule has 1 nitrogen and oxygen atoms in total. The Morgan fingerprint density at radius 1 is 1.17 bits per heavy atom. The van der Waals surface area contributed by atoms with Crippen molar-refractivity contribution >= 4 is 0 Å². The van der Waals surface area contributed by atoms with Gasteiger partial charge in [-0.15, -0.1) is 0 Å². The fraction of sp³-hybridized carbons (Fsp3) is 0.818. The molecule has 0 bridgehead atoms. The van der Waals surface area contributed by atoms with Gasteiger partial charge in [-0.3, -0.25) is 0 Å². The Labute approximate surface area is 143 Å². The zero-order chi connectivity index (χ0) is 16.0. The Morgan fingerprint density at radius 3 is 2.48 bits per heavy atom. The van der Waals surface area contributed by atoms with E-state index in [9.17, 15) is 0 Å². The van der Waals surface area contributed by atoms with E-state index in [1.165, 1.54) is 51.4 Å². The number of allylic oxidation sites excluding steroid dienone is 3. The van der Waals surface area contributed by atoms with Crippen molar-refractivity contribution in [1.82, 2.24) is 5.32 Å². The van der Waals surface area contributed by atoms with E-state index < -0.39 is 0 Å². The molecule has 1 heteroatoms. The molecule has 0 heterocycles. The Morgan fingerprint density at radius 2 is 1.91 bits per heavy atom. The Bertz CT molecular complexity index is 492. The third-order valence-electron chi connectivity index (χ3n) is 8.01. The van der Waals surface area contributed by atoms with Crippen molar-refractivity contribution < 1.29 is 0 Å². The van der Waals surface area contributed by atoms with Gasteiger partial charge in [0, 0.05) is 17.7 Å². The molecule has 1 N–H and O–H groups in total. The van der Waals surface area contributed by atoms with Crippen LogP contribution in [0.25, 0.3) is 0 Å². The summed E-state index contributed by atoms with van der Waals surface area (Å²) in [6.07, 6.45) is 18.5. The van der Waals surface area contributed by atoms with Crippen molar-refractivity contribution in [2.24, 2.45) is 35.0 Å². The van der Waals surface area contributed by atoms with E-state index in [-0.39, 0.29) is 0 Å². The van der Waals surface area contributed by atoms with Gasteiger partial charge >= 0.3 is 0 Å².